The summed E-state index contributed by atoms with van der Waals surface area (Å²) in [4.78, 5) is 13.1. The summed E-state index contributed by atoms with van der Waals surface area (Å²) in [7, 11) is 0. The van der Waals surface area contributed by atoms with Gasteiger partial charge >= 0.3 is 0 Å². The fourth-order valence-corrected chi connectivity index (χ4v) is 6.57. The molecule has 250 valence electrons. The molecule has 13 N–H and O–H groups in total. The highest BCUT2D eigenvalue weighted by Crippen LogP contribution is 2.37. The standard InChI is InChI=1S/C27H50N4O12/c1-11-20(36)18(9-30-3-4-32)40-25(21(11)37)42-22-12(2)23(43-24-17(35)6-16(34)19(10-33)41-24)15(5-14(22)29)31-26(38)27(39)7-13(28)8-27/h11-25,30,32-37,39H,3-10,28-29H2,1-2H3,(H,31,38). The van der Waals surface area contributed by atoms with Crippen LogP contribution < -0.4 is 22.1 Å². The number of ether oxygens (including phenoxy) is 4. The number of nitrogens with two attached hydrogens (primary N) is 2. The van der Waals surface area contributed by atoms with Crippen LogP contribution in [0.3, 0.4) is 0 Å². The number of aliphatic hydroxyl groups is 7. The molecule has 0 bridgehead atoms. The molecule has 14 atom stereocenters. The fraction of sp³-hybridized carbons (Fsp3) is 0.963. The van der Waals surface area contributed by atoms with E-state index in [-0.39, 0.29) is 51.4 Å². The van der Waals surface area contributed by atoms with Crippen LogP contribution in [-0.2, 0) is 23.7 Å². The molecular weight excluding hydrogens is 572 g/mol. The van der Waals surface area contributed by atoms with Crippen LogP contribution in [0.1, 0.15) is 39.5 Å². The van der Waals surface area contributed by atoms with Gasteiger partial charge in [-0.3, -0.25) is 4.79 Å². The number of aliphatic hydroxyl groups excluding tert-OH is 6. The first-order chi connectivity index (χ1) is 20.3. The van der Waals surface area contributed by atoms with Crippen molar-refractivity contribution < 1.29 is 59.5 Å². The van der Waals surface area contributed by atoms with Gasteiger partial charge in [0.2, 0.25) is 0 Å². The molecule has 4 rings (SSSR count). The largest absolute Gasteiger partial charge is 0.395 e. The van der Waals surface area contributed by atoms with Gasteiger partial charge in [0, 0.05) is 56.3 Å². The molecule has 43 heavy (non-hydrogen) atoms. The third-order valence-corrected chi connectivity index (χ3v) is 9.30. The summed E-state index contributed by atoms with van der Waals surface area (Å²) in [6.07, 6.45) is -10.2. The second-order valence-electron chi connectivity index (χ2n) is 12.6. The molecule has 0 aromatic rings. The normalized spacial score (nSPS) is 48.9. The second-order valence-corrected chi connectivity index (χ2v) is 12.6. The Balaban J connectivity index is 1.52. The molecular formula is C27H50N4O12. The van der Waals surface area contributed by atoms with Crippen molar-refractivity contribution in [1.82, 2.24) is 10.6 Å². The Morgan fingerprint density at radius 1 is 0.907 bits per heavy atom. The maximum Gasteiger partial charge on any atom is 0.252 e. The van der Waals surface area contributed by atoms with Crippen molar-refractivity contribution in [3.8, 4) is 0 Å². The molecule has 1 amide bonds. The van der Waals surface area contributed by atoms with E-state index in [1.165, 1.54) is 0 Å². The van der Waals surface area contributed by atoms with Gasteiger partial charge in [0.1, 0.15) is 23.9 Å². The maximum atomic E-state index is 13.1. The molecule has 2 saturated carbocycles. The monoisotopic (exact) mass is 622 g/mol. The third kappa shape index (κ3) is 7.66. The Bertz CT molecular complexity index is 915. The first kappa shape index (κ1) is 34.8. The van der Waals surface area contributed by atoms with Crippen molar-refractivity contribution in [2.75, 3.05) is 26.3 Å². The Hall–Kier alpha value is -1.09. The summed E-state index contributed by atoms with van der Waals surface area (Å²) in [5.41, 5.74) is 10.7. The average Bonchev–Trinajstić information content (AvgIpc) is 2.94. The van der Waals surface area contributed by atoms with Gasteiger partial charge in [-0.15, -0.1) is 0 Å². The molecule has 2 saturated heterocycles. The Labute approximate surface area is 250 Å². The third-order valence-electron chi connectivity index (χ3n) is 9.30. The van der Waals surface area contributed by atoms with Crippen molar-refractivity contribution in [3.63, 3.8) is 0 Å². The molecule has 4 fully saturated rings. The van der Waals surface area contributed by atoms with Crippen LogP contribution in [0.4, 0.5) is 0 Å². The lowest BCUT2D eigenvalue weighted by atomic mass is 9.74. The Morgan fingerprint density at radius 3 is 2.19 bits per heavy atom. The number of carbonyl (C=O) groups excluding carboxylic acids is 1. The van der Waals surface area contributed by atoms with Gasteiger partial charge in [0.25, 0.3) is 5.91 Å². The summed E-state index contributed by atoms with van der Waals surface area (Å²) in [6, 6.07) is -1.76. The van der Waals surface area contributed by atoms with Gasteiger partial charge < -0.3 is 76.8 Å². The number of amides is 1. The lowest BCUT2D eigenvalue weighted by molar-refractivity contribution is -0.319. The van der Waals surface area contributed by atoms with E-state index < -0.39 is 103 Å². The summed E-state index contributed by atoms with van der Waals surface area (Å²) < 4.78 is 24.1. The number of hydrogen-bond acceptors (Lipinski definition) is 15. The lowest BCUT2D eigenvalue weighted by Crippen LogP contribution is -2.68. The predicted octanol–water partition coefficient (Wildman–Crippen LogP) is -5.05. The molecule has 2 heterocycles. The van der Waals surface area contributed by atoms with Gasteiger partial charge in [-0.25, -0.2) is 0 Å². The van der Waals surface area contributed by atoms with Gasteiger partial charge in [-0.2, -0.15) is 0 Å². The SMILES string of the molecule is CC1C(O)C(CNCCO)OC(OC2C(N)CC(NC(=O)C3(O)CC(N)C3)C(OC3OC(CO)C(O)CC3O)C2C)C1O. The number of rotatable bonds is 11. The summed E-state index contributed by atoms with van der Waals surface area (Å²) in [5.74, 6) is -1.85. The molecule has 0 spiro atoms. The second kappa shape index (κ2) is 14.6. The smallest absolute Gasteiger partial charge is 0.252 e. The van der Waals surface area contributed by atoms with Gasteiger partial charge in [-0.05, 0) is 6.42 Å². The topological polar surface area (TPSA) is 272 Å². The quantitative estimate of drug-likeness (QED) is 0.0963. The highest BCUT2D eigenvalue weighted by atomic mass is 16.7. The first-order valence-electron chi connectivity index (χ1n) is 15.1. The van der Waals surface area contributed by atoms with E-state index in [1.54, 1.807) is 13.8 Å². The van der Waals surface area contributed by atoms with E-state index >= 15 is 0 Å². The van der Waals surface area contributed by atoms with Crippen molar-refractivity contribution in [2.24, 2.45) is 23.3 Å². The maximum absolute atomic E-state index is 13.1. The van der Waals surface area contributed by atoms with Crippen molar-refractivity contribution in [1.29, 1.82) is 0 Å². The zero-order chi connectivity index (χ0) is 31.6. The molecule has 0 aromatic carbocycles. The highest BCUT2D eigenvalue weighted by Gasteiger charge is 2.53. The van der Waals surface area contributed by atoms with E-state index in [0.717, 1.165) is 0 Å². The van der Waals surface area contributed by atoms with E-state index in [9.17, 15) is 35.4 Å². The van der Waals surface area contributed by atoms with Crippen LogP contribution in [-0.4, -0.2) is 153 Å². The zero-order valence-electron chi connectivity index (χ0n) is 24.6. The van der Waals surface area contributed by atoms with E-state index in [2.05, 4.69) is 10.6 Å². The lowest BCUT2D eigenvalue weighted by Gasteiger charge is -2.50. The number of nitrogens with one attached hydrogen (secondary N) is 2. The van der Waals surface area contributed by atoms with Crippen molar-refractivity contribution in [2.45, 2.75) is 125 Å². The summed E-state index contributed by atoms with van der Waals surface area (Å²) in [6.45, 7) is 3.30. The van der Waals surface area contributed by atoms with Crippen LogP contribution in [0, 0.1) is 11.8 Å². The van der Waals surface area contributed by atoms with Crippen molar-refractivity contribution in [3.05, 3.63) is 0 Å². The highest BCUT2D eigenvalue weighted by molar-refractivity contribution is 5.86. The summed E-state index contributed by atoms with van der Waals surface area (Å²) >= 11 is 0. The van der Waals surface area contributed by atoms with Crippen molar-refractivity contribution >= 4 is 5.91 Å². The molecule has 14 unspecified atom stereocenters. The number of hydrogen-bond donors (Lipinski definition) is 11. The summed E-state index contributed by atoms with van der Waals surface area (Å²) in [5, 5.41) is 77.6. The minimum absolute atomic E-state index is 0.0974. The molecule has 4 aliphatic rings. The molecule has 0 aromatic heterocycles. The average molecular weight is 623 g/mol. The zero-order valence-corrected chi connectivity index (χ0v) is 24.6. The molecule has 16 heteroatoms. The Kier molecular flexibility index (Phi) is 11.8. The Morgan fingerprint density at radius 2 is 1.56 bits per heavy atom. The first-order valence-corrected chi connectivity index (χ1v) is 15.1. The van der Waals surface area contributed by atoms with Crippen LogP contribution in [0.2, 0.25) is 0 Å². The minimum Gasteiger partial charge on any atom is -0.395 e. The molecule has 2 aliphatic heterocycles. The van der Waals surface area contributed by atoms with Crippen LogP contribution in [0.15, 0.2) is 0 Å². The van der Waals surface area contributed by atoms with E-state index in [4.69, 9.17) is 35.5 Å². The minimum atomic E-state index is -1.63. The molecule has 2 aliphatic carbocycles. The predicted molar refractivity (Wildman–Crippen MR) is 148 cm³/mol. The van der Waals surface area contributed by atoms with Gasteiger partial charge in [0.05, 0.1) is 49.8 Å². The van der Waals surface area contributed by atoms with Gasteiger partial charge in [0.15, 0.2) is 12.6 Å². The van der Waals surface area contributed by atoms with Crippen LogP contribution >= 0.6 is 0 Å². The van der Waals surface area contributed by atoms with Crippen LogP contribution in [0.5, 0.6) is 0 Å². The number of carbonyl (C=O) groups is 1. The van der Waals surface area contributed by atoms with E-state index in [0.29, 0.717) is 0 Å². The molecule has 0 radical (unpaired) electrons. The van der Waals surface area contributed by atoms with E-state index in [1.807, 2.05) is 0 Å². The van der Waals surface area contributed by atoms with Crippen LogP contribution in [0.25, 0.3) is 0 Å². The molecule has 16 nitrogen and oxygen atoms in total. The van der Waals surface area contributed by atoms with Gasteiger partial charge in [-0.1, -0.05) is 13.8 Å². The fourth-order valence-electron chi connectivity index (χ4n) is 6.57.